The van der Waals surface area contributed by atoms with E-state index >= 15 is 0 Å². The summed E-state index contributed by atoms with van der Waals surface area (Å²) < 4.78 is 1.95. The Bertz CT molecular complexity index is 378. The molecule has 1 heterocycles. The maximum Gasteiger partial charge on any atom is 0.188 e. The molecular weight excluding hydrogens is 202 g/mol. The van der Waals surface area contributed by atoms with E-state index in [1.54, 1.807) is 7.05 Å². The average Bonchev–Trinajstić information content (AvgIpc) is 2.61. The van der Waals surface area contributed by atoms with E-state index in [9.17, 15) is 0 Å². The standard InChI is InChI=1S/C11H21N5/c1-5-9-8(7-14-11(12)13-3)10(6-2)16(4)15-9/h5-7H2,1-4H3,(H3,12,13,14). The summed E-state index contributed by atoms with van der Waals surface area (Å²) in [6, 6.07) is 0. The number of aryl methyl sites for hydroxylation is 2. The van der Waals surface area contributed by atoms with Gasteiger partial charge in [0.05, 0.1) is 5.69 Å². The summed E-state index contributed by atoms with van der Waals surface area (Å²) >= 11 is 0. The molecule has 0 spiro atoms. The van der Waals surface area contributed by atoms with Gasteiger partial charge in [0.1, 0.15) is 0 Å². The predicted octanol–water partition coefficient (Wildman–Crippen LogP) is 0.579. The van der Waals surface area contributed by atoms with Crippen LogP contribution in [0.4, 0.5) is 0 Å². The Kier molecular flexibility index (Phi) is 4.34. The first-order valence-electron chi connectivity index (χ1n) is 5.63. The summed E-state index contributed by atoms with van der Waals surface area (Å²) in [5.41, 5.74) is 9.26. The van der Waals surface area contributed by atoms with Gasteiger partial charge in [-0.3, -0.25) is 9.67 Å². The van der Waals surface area contributed by atoms with Gasteiger partial charge >= 0.3 is 0 Å². The van der Waals surface area contributed by atoms with Crippen molar-refractivity contribution in [2.24, 2.45) is 17.8 Å². The van der Waals surface area contributed by atoms with Crippen LogP contribution in [0.3, 0.4) is 0 Å². The molecule has 0 aromatic carbocycles. The van der Waals surface area contributed by atoms with Crippen LogP contribution >= 0.6 is 0 Å². The Morgan fingerprint density at radius 2 is 2.12 bits per heavy atom. The van der Waals surface area contributed by atoms with Crippen LogP contribution in [0.5, 0.6) is 0 Å². The van der Waals surface area contributed by atoms with E-state index < -0.39 is 0 Å². The van der Waals surface area contributed by atoms with Crippen molar-refractivity contribution in [3.05, 3.63) is 17.0 Å². The second-order valence-electron chi connectivity index (χ2n) is 3.67. The van der Waals surface area contributed by atoms with Gasteiger partial charge in [0.25, 0.3) is 0 Å². The van der Waals surface area contributed by atoms with E-state index in [2.05, 4.69) is 29.3 Å². The van der Waals surface area contributed by atoms with Crippen molar-refractivity contribution in [3.8, 4) is 0 Å². The average molecular weight is 223 g/mol. The Hall–Kier alpha value is -1.52. The van der Waals surface area contributed by atoms with Crippen molar-refractivity contribution in [1.29, 1.82) is 0 Å². The monoisotopic (exact) mass is 223 g/mol. The second-order valence-corrected chi connectivity index (χ2v) is 3.67. The van der Waals surface area contributed by atoms with Crippen LogP contribution in [0.25, 0.3) is 0 Å². The lowest BCUT2D eigenvalue weighted by molar-refractivity contribution is 0.702. The van der Waals surface area contributed by atoms with Crippen LogP contribution in [0.1, 0.15) is 30.8 Å². The lowest BCUT2D eigenvalue weighted by Gasteiger charge is -2.07. The van der Waals surface area contributed by atoms with Crippen molar-refractivity contribution in [3.63, 3.8) is 0 Å². The van der Waals surface area contributed by atoms with E-state index in [4.69, 9.17) is 5.73 Å². The SMILES string of the molecule is CCc1nn(C)c(CC)c1CNC(N)=NC. The molecule has 0 aliphatic carbocycles. The first kappa shape index (κ1) is 12.5. The summed E-state index contributed by atoms with van der Waals surface area (Å²) in [5, 5.41) is 7.59. The summed E-state index contributed by atoms with van der Waals surface area (Å²) in [5.74, 6) is 0.466. The molecule has 0 amide bonds. The molecule has 0 saturated carbocycles. The normalized spacial score (nSPS) is 11.9. The highest BCUT2D eigenvalue weighted by Crippen LogP contribution is 2.14. The summed E-state index contributed by atoms with van der Waals surface area (Å²) in [6.45, 7) is 4.95. The lowest BCUT2D eigenvalue weighted by Crippen LogP contribution is -2.31. The third-order valence-corrected chi connectivity index (χ3v) is 2.72. The highest BCUT2D eigenvalue weighted by atomic mass is 15.3. The molecule has 16 heavy (non-hydrogen) atoms. The fourth-order valence-corrected chi connectivity index (χ4v) is 1.85. The molecule has 0 bridgehead atoms. The minimum atomic E-state index is 0.466. The van der Waals surface area contributed by atoms with Crippen molar-refractivity contribution in [2.75, 3.05) is 7.05 Å². The fraction of sp³-hybridized carbons (Fsp3) is 0.636. The fourth-order valence-electron chi connectivity index (χ4n) is 1.85. The van der Waals surface area contributed by atoms with Crippen LogP contribution in [0.15, 0.2) is 4.99 Å². The first-order valence-corrected chi connectivity index (χ1v) is 5.63. The lowest BCUT2D eigenvalue weighted by atomic mass is 10.1. The van der Waals surface area contributed by atoms with Gasteiger partial charge in [-0.2, -0.15) is 5.10 Å². The predicted molar refractivity (Wildman–Crippen MR) is 66.4 cm³/mol. The maximum atomic E-state index is 5.62. The number of nitrogens with one attached hydrogen (secondary N) is 1. The Labute approximate surface area is 96.7 Å². The third kappa shape index (κ3) is 2.53. The number of nitrogens with two attached hydrogens (primary N) is 1. The van der Waals surface area contributed by atoms with E-state index in [0.29, 0.717) is 12.5 Å². The zero-order valence-corrected chi connectivity index (χ0v) is 10.5. The third-order valence-electron chi connectivity index (χ3n) is 2.72. The molecule has 0 atom stereocenters. The van der Waals surface area contributed by atoms with E-state index in [0.717, 1.165) is 18.5 Å². The molecule has 5 nitrogen and oxygen atoms in total. The van der Waals surface area contributed by atoms with Gasteiger partial charge in [0.2, 0.25) is 0 Å². The molecule has 1 aromatic rings. The van der Waals surface area contributed by atoms with E-state index in [1.807, 2.05) is 11.7 Å². The molecule has 1 rings (SSSR count). The molecular formula is C11H21N5. The smallest absolute Gasteiger partial charge is 0.188 e. The van der Waals surface area contributed by atoms with Crippen molar-refractivity contribution in [1.82, 2.24) is 15.1 Å². The number of guanidine groups is 1. The Morgan fingerprint density at radius 1 is 1.44 bits per heavy atom. The highest BCUT2D eigenvalue weighted by molar-refractivity contribution is 5.77. The molecule has 90 valence electrons. The highest BCUT2D eigenvalue weighted by Gasteiger charge is 2.12. The minimum absolute atomic E-state index is 0.466. The zero-order valence-electron chi connectivity index (χ0n) is 10.5. The number of nitrogens with zero attached hydrogens (tertiary/aromatic N) is 3. The zero-order chi connectivity index (χ0) is 12.1. The quantitative estimate of drug-likeness (QED) is 0.579. The molecule has 3 N–H and O–H groups in total. The molecule has 0 aliphatic rings. The number of aromatic nitrogens is 2. The van der Waals surface area contributed by atoms with Gasteiger partial charge in [-0.05, 0) is 12.8 Å². The molecule has 0 radical (unpaired) electrons. The summed E-state index contributed by atoms with van der Waals surface area (Å²) in [7, 11) is 3.66. The number of rotatable bonds is 4. The molecule has 1 aromatic heterocycles. The Morgan fingerprint density at radius 3 is 2.62 bits per heavy atom. The van der Waals surface area contributed by atoms with Gasteiger partial charge in [-0.1, -0.05) is 13.8 Å². The minimum Gasteiger partial charge on any atom is -0.370 e. The topological polar surface area (TPSA) is 68.2 Å². The van der Waals surface area contributed by atoms with Crippen molar-refractivity contribution in [2.45, 2.75) is 33.2 Å². The summed E-state index contributed by atoms with van der Waals surface area (Å²) in [4.78, 5) is 3.88. The van der Waals surface area contributed by atoms with Crippen molar-refractivity contribution < 1.29 is 0 Å². The first-order chi connectivity index (χ1) is 7.63. The second kappa shape index (κ2) is 5.53. The largest absolute Gasteiger partial charge is 0.370 e. The van der Waals surface area contributed by atoms with Crippen molar-refractivity contribution >= 4 is 5.96 Å². The molecule has 5 heteroatoms. The van der Waals surface area contributed by atoms with E-state index in [1.165, 1.54) is 11.3 Å². The molecule has 0 unspecified atom stereocenters. The molecule has 0 fully saturated rings. The van der Waals surface area contributed by atoms with Gasteiger partial charge < -0.3 is 11.1 Å². The van der Waals surface area contributed by atoms with Crippen LogP contribution in [-0.4, -0.2) is 22.8 Å². The van der Waals surface area contributed by atoms with Gasteiger partial charge in [-0.15, -0.1) is 0 Å². The summed E-state index contributed by atoms with van der Waals surface area (Å²) in [6.07, 6.45) is 1.91. The maximum absolute atomic E-state index is 5.62. The number of hydrogen-bond donors (Lipinski definition) is 2. The van der Waals surface area contributed by atoms with Crippen LogP contribution in [-0.2, 0) is 26.4 Å². The molecule has 0 saturated heterocycles. The number of aliphatic imine (C=N–C) groups is 1. The van der Waals surface area contributed by atoms with Crippen LogP contribution < -0.4 is 11.1 Å². The number of hydrogen-bond acceptors (Lipinski definition) is 2. The van der Waals surface area contributed by atoms with E-state index in [-0.39, 0.29) is 0 Å². The van der Waals surface area contributed by atoms with Gasteiger partial charge in [0, 0.05) is 31.9 Å². The van der Waals surface area contributed by atoms with Crippen LogP contribution in [0.2, 0.25) is 0 Å². The molecule has 0 aliphatic heterocycles. The van der Waals surface area contributed by atoms with Gasteiger partial charge in [0.15, 0.2) is 5.96 Å². The van der Waals surface area contributed by atoms with Gasteiger partial charge in [-0.25, -0.2) is 0 Å². The van der Waals surface area contributed by atoms with Crippen LogP contribution in [0, 0.1) is 0 Å². The Balaban J connectivity index is 2.91.